The molecule has 0 aliphatic heterocycles. The Morgan fingerprint density at radius 3 is 2.58 bits per heavy atom. The highest BCUT2D eigenvalue weighted by Crippen LogP contribution is 2.09. The Kier molecular flexibility index (Phi) is 7.54. The third-order valence-electron chi connectivity index (χ3n) is 2.94. The van der Waals surface area contributed by atoms with Crippen LogP contribution in [-0.2, 0) is 25.5 Å². The zero-order valence-electron chi connectivity index (χ0n) is 13.1. The van der Waals surface area contributed by atoms with Crippen molar-refractivity contribution >= 4 is 17.8 Å². The van der Waals surface area contributed by atoms with E-state index in [1.807, 2.05) is 0 Å². The van der Waals surface area contributed by atoms with E-state index in [9.17, 15) is 23.2 Å². The molecule has 0 radical (unpaired) electrons. The molecule has 1 atom stereocenters. The first-order valence-corrected chi connectivity index (χ1v) is 7.19. The van der Waals surface area contributed by atoms with Crippen molar-refractivity contribution in [3.63, 3.8) is 0 Å². The van der Waals surface area contributed by atoms with E-state index in [0.717, 1.165) is 18.2 Å². The maximum absolute atomic E-state index is 13.1. The van der Waals surface area contributed by atoms with Crippen molar-refractivity contribution in [2.24, 2.45) is 5.73 Å². The van der Waals surface area contributed by atoms with Gasteiger partial charge in [0.1, 0.15) is 6.04 Å². The van der Waals surface area contributed by atoms with E-state index in [1.165, 1.54) is 12.1 Å². The van der Waals surface area contributed by atoms with Gasteiger partial charge in [-0.05, 0) is 31.0 Å². The third kappa shape index (κ3) is 6.55. The molecule has 0 unspecified atom stereocenters. The lowest BCUT2D eigenvalue weighted by Crippen LogP contribution is -2.44. The number of carbonyl (C=O) groups excluding carboxylic acids is 3. The van der Waals surface area contributed by atoms with Gasteiger partial charge in [0.05, 0.1) is 13.0 Å². The summed E-state index contributed by atoms with van der Waals surface area (Å²) in [5.74, 6) is -4.03. The summed E-state index contributed by atoms with van der Waals surface area (Å²) < 4.78 is 30.6. The van der Waals surface area contributed by atoms with Crippen LogP contribution in [0.15, 0.2) is 30.4 Å². The maximum Gasteiger partial charge on any atom is 0.330 e. The summed E-state index contributed by atoms with van der Waals surface area (Å²) in [7, 11) is 0. The summed E-state index contributed by atoms with van der Waals surface area (Å²) in [4.78, 5) is 34.3. The van der Waals surface area contributed by atoms with Gasteiger partial charge in [0, 0.05) is 6.08 Å². The van der Waals surface area contributed by atoms with E-state index in [1.54, 1.807) is 6.92 Å². The average molecular weight is 340 g/mol. The Bertz CT molecular complexity index is 647. The normalized spacial score (nSPS) is 12.0. The number of nitrogens with one attached hydrogen (secondary N) is 1. The van der Waals surface area contributed by atoms with E-state index < -0.39 is 35.5 Å². The highest BCUT2D eigenvalue weighted by molar-refractivity contribution is 5.88. The minimum absolute atomic E-state index is 0.00231. The summed E-state index contributed by atoms with van der Waals surface area (Å²) in [6, 6.07) is 2.03. The smallest absolute Gasteiger partial charge is 0.330 e. The molecule has 24 heavy (non-hydrogen) atoms. The number of carbonyl (C=O) groups is 3. The highest BCUT2D eigenvalue weighted by atomic mass is 19.2. The van der Waals surface area contributed by atoms with Gasteiger partial charge in [-0.1, -0.05) is 12.1 Å². The average Bonchev–Trinajstić information content (AvgIpc) is 2.50. The minimum Gasteiger partial charge on any atom is -0.463 e. The van der Waals surface area contributed by atoms with Crippen molar-refractivity contribution in [3.8, 4) is 0 Å². The van der Waals surface area contributed by atoms with Crippen molar-refractivity contribution in [2.75, 3.05) is 6.61 Å². The van der Waals surface area contributed by atoms with Crippen LogP contribution in [0.4, 0.5) is 8.78 Å². The molecule has 0 aromatic heterocycles. The minimum atomic E-state index is -1.07. The molecule has 2 amide bonds. The molecule has 0 saturated carbocycles. The first-order valence-electron chi connectivity index (χ1n) is 7.19. The number of primary amides is 1. The van der Waals surface area contributed by atoms with E-state index in [2.05, 4.69) is 10.1 Å². The predicted octanol–water partition coefficient (Wildman–Crippen LogP) is 0.987. The SMILES string of the molecule is CCOC(=O)/C=C/C[C@@H](NC(=O)Cc1ccc(F)c(F)c1)C(N)=O. The van der Waals surface area contributed by atoms with Crippen LogP contribution in [0.5, 0.6) is 0 Å². The molecule has 0 spiro atoms. The molecule has 0 saturated heterocycles. The number of rotatable bonds is 8. The first-order chi connectivity index (χ1) is 11.3. The Morgan fingerprint density at radius 1 is 1.29 bits per heavy atom. The van der Waals surface area contributed by atoms with Crippen molar-refractivity contribution in [2.45, 2.75) is 25.8 Å². The molecule has 0 heterocycles. The Morgan fingerprint density at radius 2 is 2.00 bits per heavy atom. The largest absolute Gasteiger partial charge is 0.463 e. The molecule has 1 aromatic carbocycles. The second kappa shape index (κ2) is 9.39. The van der Waals surface area contributed by atoms with Crippen molar-refractivity contribution in [1.29, 1.82) is 0 Å². The third-order valence-corrected chi connectivity index (χ3v) is 2.94. The second-order valence-electron chi connectivity index (χ2n) is 4.84. The molecule has 0 aliphatic rings. The van der Waals surface area contributed by atoms with Crippen molar-refractivity contribution in [3.05, 3.63) is 47.5 Å². The monoisotopic (exact) mass is 340 g/mol. The van der Waals surface area contributed by atoms with Gasteiger partial charge in [-0.2, -0.15) is 0 Å². The number of ether oxygens (including phenoxy) is 1. The molecule has 1 rings (SSSR count). The number of amides is 2. The van der Waals surface area contributed by atoms with Gasteiger partial charge in [0.15, 0.2) is 11.6 Å². The van der Waals surface area contributed by atoms with Gasteiger partial charge in [-0.25, -0.2) is 13.6 Å². The fourth-order valence-corrected chi connectivity index (χ4v) is 1.82. The number of halogens is 2. The first kappa shape index (κ1) is 19.3. The number of hydrogen-bond donors (Lipinski definition) is 2. The van der Waals surface area contributed by atoms with Crippen molar-refractivity contribution in [1.82, 2.24) is 5.32 Å². The highest BCUT2D eigenvalue weighted by Gasteiger charge is 2.17. The van der Waals surface area contributed by atoms with Crippen LogP contribution in [0.2, 0.25) is 0 Å². The predicted molar refractivity (Wildman–Crippen MR) is 81.6 cm³/mol. The standard InChI is InChI=1S/C16H18F2N2O4/c1-2-24-15(22)5-3-4-13(16(19)23)20-14(21)9-10-6-7-11(17)12(18)8-10/h3,5-8,13H,2,4,9H2,1H3,(H2,19,23)(H,20,21)/b5-3+/t13-/m1/s1. The van der Waals surface area contributed by atoms with E-state index in [0.29, 0.717) is 0 Å². The van der Waals surface area contributed by atoms with Crippen LogP contribution >= 0.6 is 0 Å². The number of esters is 1. The topological polar surface area (TPSA) is 98.5 Å². The lowest BCUT2D eigenvalue weighted by atomic mass is 10.1. The van der Waals surface area contributed by atoms with Crippen molar-refractivity contribution < 1.29 is 27.9 Å². The summed E-state index contributed by atoms with van der Waals surface area (Å²) in [6.45, 7) is 1.86. The molecule has 8 heteroatoms. The van der Waals surface area contributed by atoms with Gasteiger partial charge >= 0.3 is 5.97 Å². The molecule has 0 bridgehead atoms. The van der Waals surface area contributed by atoms with Gasteiger partial charge < -0.3 is 15.8 Å². The molecule has 6 nitrogen and oxygen atoms in total. The number of benzene rings is 1. The summed E-state index contributed by atoms with van der Waals surface area (Å²) in [5, 5.41) is 2.37. The van der Waals surface area contributed by atoms with Gasteiger partial charge in [0.25, 0.3) is 0 Å². The van der Waals surface area contributed by atoms with E-state index in [4.69, 9.17) is 5.73 Å². The summed E-state index contributed by atoms with van der Waals surface area (Å²) in [6.07, 6.45) is 2.23. The quantitative estimate of drug-likeness (QED) is 0.544. The summed E-state index contributed by atoms with van der Waals surface area (Å²) >= 11 is 0. The second-order valence-corrected chi connectivity index (χ2v) is 4.84. The fourth-order valence-electron chi connectivity index (χ4n) is 1.82. The van der Waals surface area contributed by atoms with E-state index in [-0.39, 0.29) is 25.0 Å². The van der Waals surface area contributed by atoms with Crippen LogP contribution < -0.4 is 11.1 Å². The van der Waals surface area contributed by atoms with E-state index >= 15 is 0 Å². The van der Waals surface area contributed by atoms with Gasteiger partial charge in [0.2, 0.25) is 11.8 Å². The molecular weight excluding hydrogens is 322 g/mol. The van der Waals surface area contributed by atoms with Crippen LogP contribution in [0, 0.1) is 11.6 Å². The zero-order chi connectivity index (χ0) is 18.1. The Hall–Kier alpha value is -2.77. The van der Waals surface area contributed by atoms with Crippen LogP contribution in [0.25, 0.3) is 0 Å². The van der Waals surface area contributed by atoms with Gasteiger partial charge in [-0.3, -0.25) is 9.59 Å². The molecule has 1 aromatic rings. The Labute approximate surface area is 137 Å². The molecule has 0 fully saturated rings. The van der Waals surface area contributed by atoms with Crippen LogP contribution in [-0.4, -0.2) is 30.4 Å². The molecular formula is C16H18F2N2O4. The maximum atomic E-state index is 13.1. The molecule has 0 aliphatic carbocycles. The number of nitrogens with two attached hydrogens (primary N) is 1. The lowest BCUT2D eigenvalue weighted by Gasteiger charge is -2.13. The molecule has 3 N–H and O–H groups in total. The summed E-state index contributed by atoms with van der Waals surface area (Å²) in [5.41, 5.74) is 5.43. The number of hydrogen-bond acceptors (Lipinski definition) is 4. The zero-order valence-corrected chi connectivity index (χ0v) is 13.1. The van der Waals surface area contributed by atoms with Gasteiger partial charge in [-0.15, -0.1) is 0 Å². The van der Waals surface area contributed by atoms with Crippen LogP contribution in [0.3, 0.4) is 0 Å². The molecule has 130 valence electrons. The Balaban J connectivity index is 2.60. The fraction of sp³-hybridized carbons (Fsp3) is 0.312. The lowest BCUT2D eigenvalue weighted by molar-refractivity contribution is -0.137. The van der Waals surface area contributed by atoms with Crippen LogP contribution in [0.1, 0.15) is 18.9 Å².